The van der Waals surface area contributed by atoms with Crippen molar-refractivity contribution in [3.8, 4) is 0 Å². The molecule has 1 fully saturated rings. The van der Waals surface area contributed by atoms with Crippen LogP contribution in [0.25, 0.3) is 0 Å². The first kappa shape index (κ1) is 15.3. The summed E-state index contributed by atoms with van der Waals surface area (Å²) in [5.74, 6) is -0.950. The van der Waals surface area contributed by atoms with E-state index in [0.29, 0.717) is 12.5 Å². The molecule has 1 heterocycles. The molecule has 108 valence electrons. The minimum Gasteiger partial charge on any atom is -0.477 e. The van der Waals surface area contributed by atoms with Crippen LogP contribution >= 0.6 is 0 Å². The molecule has 0 bridgehead atoms. The van der Waals surface area contributed by atoms with Crippen molar-refractivity contribution in [2.24, 2.45) is 5.73 Å². The molecule has 1 aliphatic heterocycles. The molecule has 0 aromatic carbocycles. The van der Waals surface area contributed by atoms with Gasteiger partial charge in [-0.1, -0.05) is 0 Å². The minimum absolute atomic E-state index is 0.188. The second-order valence-corrected chi connectivity index (χ2v) is 5.39. The predicted molar refractivity (Wildman–Crippen MR) is 66.3 cm³/mol. The molecule has 0 aromatic rings. The van der Waals surface area contributed by atoms with Crippen LogP contribution in [-0.2, 0) is 24.4 Å². The molecule has 1 rings (SSSR count). The van der Waals surface area contributed by atoms with E-state index in [9.17, 15) is 13.2 Å². The van der Waals surface area contributed by atoms with Crippen LogP contribution in [0.4, 0.5) is 0 Å². The molecule has 0 unspecified atom stereocenters. The third-order valence-corrected chi connectivity index (χ3v) is 2.95. The predicted octanol–water partition coefficient (Wildman–Crippen LogP) is -0.937. The number of allylic oxidation sites excluding steroid dienone is 2. The topological polar surface area (TPSA) is 119 Å². The molecule has 1 saturated heterocycles. The summed E-state index contributed by atoms with van der Waals surface area (Å²) in [6.07, 6.45) is 2.83. The van der Waals surface area contributed by atoms with Crippen molar-refractivity contribution in [2.45, 2.75) is 0 Å². The zero-order chi connectivity index (χ0) is 14.5. The Balaban J connectivity index is 2.48. The Morgan fingerprint density at radius 1 is 1.63 bits per heavy atom. The van der Waals surface area contributed by atoms with Crippen LogP contribution in [-0.4, -0.2) is 56.4 Å². The number of hydrogen-bond donors (Lipinski definition) is 2. The summed E-state index contributed by atoms with van der Waals surface area (Å²) in [5.41, 5.74) is 5.26. The lowest BCUT2D eigenvalue weighted by molar-refractivity contribution is -0.138. The van der Waals surface area contributed by atoms with Crippen LogP contribution in [0.3, 0.4) is 0 Å². The maximum atomic E-state index is 11.3. The lowest BCUT2D eigenvalue weighted by Gasteiger charge is -2.08. The molecule has 9 heteroatoms. The average molecular weight is 292 g/mol. The number of carbonyl (C=O) groups excluding carboxylic acids is 1. The Labute approximate surface area is 111 Å². The van der Waals surface area contributed by atoms with Gasteiger partial charge in [-0.2, -0.15) is 8.42 Å². The summed E-state index contributed by atoms with van der Waals surface area (Å²) in [6, 6.07) is 0. The summed E-state index contributed by atoms with van der Waals surface area (Å²) in [6.45, 7) is 0.854. The number of nitrogens with two attached hydrogens (primary N) is 1. The second-order valence-electron chi connectivity index (χ2n) is 3.82. The van der Waals surface area contributed by atoms with E-state index in [1.165, 1.54) is 12.2 Å². The van der Waals surface area contributed by atoms with Crippen molar-refractivity contribution in [3.63, 3.8) is 0 Å². The van der Waals surface area contributed by atoms with Gasteiger partial charge in [0.05, 0.1) is 6.54 Å². The Hall–Kier alpha value is -1.74. The monoisotopic (exact) mass is 292 g/mol. The molecule has 0 radical (unpaired) electrons. The Kier molecular flexibility index (Phi) is 5.19. The number of ether oxygens (including phenoxy) is 2. The first-order valence-electron chi connectivity index (χ1n) is 5.43. The fourth-order valence-electron chi connectivity index (χ4n) is 1.23. The van der Waals surface area contributed by atoms with Gasteiger partial charge >= 0.3 is 5.97 Å². The van der Waals surface area contributed by atoms with Gasteiger partial charge in [0.2, 0.25) is 0 Å². The molecule has 1 aliphatic rings. The Morgan fingerprint density at radius 2 is 2.32 bits per heavy atom. The zero-order valence-corrected chi connectivity index (χ0v) is 11.2. The molecule has 0 atom stereocenters. The largest absolute Gasteiger partial charge is 0.477 e. The summed E-state index contributed by atoms with van der Waals surface area (Å²) < 4.78 is 39.1. The second kappa shape index (κ2) is 6.43. The van der Waals surface area contributed by atoms with E-state index in [4.69, 9.17) is 15.0 Å². The standard InChI is InChI=1S/C10H16N2O6S/c1-12-4-5-17-9(12)3-2-8(11)10(13)18-6-7-19(14,15)16/h2-3H,4-7,11H2,1H3,(H,14,15,16)/b8-2+,9-3+. The fourth-order valence-corrected chi connectivity index (χ4v) is 1.53. The quantitative estimate of drug-likeness (QED) is 0.379. The van der Waals surface area contributed by atoms with E-state index in [1.807, 2.05) is 11.9 Å². The van der Waals surface area contributed by atoms with Crippen LogP contribution < -0.4 is 5.73 Å². The molecule has 19 heavy (non-hydrogen) atoms. The van der Waals surface area contributed by atoms with E-state index in [2.05, 4.69) is 4.74 Å². The normalized spacial score (nSPS) is 18.5. The maximum Gasteiger partial charge on any atom is 0.354 e. The van der Waals surface area contributed by atoms with Gasteiger partial charge < -0.3 is 20.1 Å². The van der Waals surface area contributed by atoms with Crippen LogP contribution in [0.1, 0.15) is 0 Å². The smallest absolute Gasteiger partial charge is 0.354 e. The first-order chi connectivity index (χ1) is 8.79. The molecule has 8 nitrogen and oxygen atoms in total. The molecule has 0 aliphatic carbocycles. The summed E-state index contributed by atoms with van der Waals surface area (Å²) in [7, 11) is -2.33. The molecule has 3 N–H and O–H groups in total. The number of esters is 1. The molecule has 0 spiro atoms. The van der Waals surface area contributed by atoms with Gasteiger partial charge in [0, 0.05) is 13.1 Å². The highest BCUT2D eigenvalue weighted by Crippen LogP contribution is 2.10. The van der Waals surface area contributed by atoms with Crippen molar-refractivity contribution in [1.29, 1.82) is 0 Å². The molecular formula is C10H16N2O6S. The highest BCUT2D eigenvalue weighted by molar-refractivity contribution is 7.85. The Morgan fingerprint density at radius 3 is 2.84 bits per heavy atom. The third kappa shape index (κ3) is 5.62. The highest BCUT2D eigenvalue weighted by Gasteiger charge is 2.13. The van der Waals surface area contributed by atoms with Crippen LogP contribution in [0.5, 0.6) is 0 Å². The number of nitrogens with zero attached hydrogens (tertiary/aromatic N) is 1. The number of rotatable bonds is 5. The van der Waals surface area contributed by atoms with Gasteiger partial charge in [0.15, 0.2) is 5.88 Å². The number of hydrogen-bond acceptors (Lipinski definition) is 7. The molecule has 0 aromatic heterocycles. The number of likely N-dealkylation sites (N-methyl/N-ethyl adjacent to an activating group) is 1. The van der Waals surface area contributed by atoms with Crippen molar-refractivity contribution < 1.29 is 27.2 Å². The van der Waals surface area contributed by atoms with Gasteiger partial charge in [-0.15, -0.1) is 0 Å². The van der Waals surface area contributed by atoms with E-state index in [1.54, 1.807) is 0 Å². The summed E-state index contributed by atoms with van der Waals surface area (Å²) >= 11 is 0. The SMILES string of the molecule is CN1CCO/C1=C/C=C(/N)C(=O)OCCS(=O)(=O)O. The Bertz CT molecular complexity index is 496. The van der Waals surface area contributed by atoms with E-state index < -0.39 is 28.4 Å². The van der Waals surface area contributed by atoms with Crippen molar-refractivity contribution >= 4 is 16.1 Å². The van der Waals surface area contributed by atoms with Crippen molar-refractivity contribution in [2.75, 3.05) is 32.6 Å². The molecular weight excluding hydrogens is 276 g/mol. The third-order valence-electron chi connectivity index (χ3n) is 2.27. The van der Waals surface area contributed by atoms with Crippen LogP contribution in [0.2, 0.25) is 0 Å². The van der Waals surface area contributed by atoms with E-state index in [-0.39, 0.29) is 5.70 Å². The zero-order valence-electron chi connectivity index (χ0n) is 10.4. The lowest BCUT2D eigenvalue weighted by atomic mass is 10.4. The van der Waals surface area contributed by atoms with Gasteiger partial charge in [-0.25, -0.2) is 4.79 Å². The van der Waals surface area contributed by atoms with Crippen molar-refractivity contribution in [1.82, 2.24) is 4.90 Å². The fraction of sp³-hybridized carbons (Fsp3) is 0.500. The van der Waals surface area contributed by atoms with Crippen LogP contribution in [0.15, 0.2) is 23.7 Å². The molecule has 0 amide bonds. The summed E-state index contributed by atoms with van der Waals surface area (Å²) in [4.78, 5) is 13.2. The molecule has 0 saturated carbocycles. The van der Waals surface area contributed by atoms with Gasteiger partial charge in [0.1, 0.15) is 24.7 Å². The summed E-state index contributed by atoms with van der Waals surface area (Å²) in [5, 5.41) is 0. The minimum atomic E-state index is -4.15. The first-order valence-corrected chi connectivity index (χ1v) is 7.04. The maximum absolute atomic E-state index is 11.3. The average Bonchev–Trinajstić information content (AvgIpc) is 2.70. The highest BCUT2D eigenvalue weighted by atomic mass is 32.2. The number of carbonyl (C=O) groups is 1. The lowest BCUT2D eigenvalue weighted by Crippen LogP contribution is -2.19. The van der Waals surface area contributed by atoms with Gasteiger partial charge in [0.25, 0.3) is 10.1 Å². The van der Waals surface area contributed by atoms with Crippen LogP contribution in [0, 0.1) is 0 Å². The van der Waals surface area contributed by atoms with E-state index >= 15 is 0 Å². The van der Waals surface area contributed by atoms with Gasteiger partial charge in [-0.05, 0) is 6.08 Å². The van der Waals surface area contributed by atoms with Gasteiger partial charge in [-0.3, -0.25) is 4.55 Å². The van der Waals surface area contributed by atoms with E-state index in [0.717, 1.165) is 6.54 Å². The van der Waals surface area contributed by atoms with Crippen molar-refractivity contribution in [3.05, 3.63) is 23.7 Å².